The van der Waals surface area contributed by atoms with Crippen molar-refractivity contribution < 1.29 is 23.5 Å². The molecule has 1 fully saturated rings. The first-order valence-corrected chi connectivity index (χ1v) is 9.39. The number of rotatable bonds is 6. The molecule has 3 aromatic rings. The van der Waals surface area contributed by atoms with Crippen molar-refractivity contribution in [3.63, 3.8) is 0 Å². The second kappa shape index (κ2) is 6.88. The van der Waals surface area contributed by atoms with E-state index in [1.165, 1.54) is 17.5 Å². The zero-order chi connectivity index (χ0) is 19.9. The van der Waals surface area contributed by atoms with Crippen LogP contribution in [0.15, 0.2) is 22.2 Å². The zero-order valence-corrected chi connectivity index (χ0v) is 16.1. The first-order valence-electron chi connectivity index (χ1n) is 8.51. The summed E-state index contributed by atoms with van der Waals surface area (Å²) >= 11 is 1.50. The number of nitrogens with one attached hydrogen (secondary N) is 1. The van der Waals surface area contributed by atoms with E-state index in [4.69, 9.17) is 19.6 Å². The summed E-state index contributed by atoms with van der Waals surface area (Å²) in [4.78, 5) is 34.0. The van der Waals surface area contributed by atoms with Crippen molar-refractivity contribution in [2.75, 3.05) is 13.2 Å². The average molecular weight is 402 g/mol. The lowest BCUT2D eigenvalue weighted by Gasteiger charge is -2.38. The molecule has 3 aromatic heterocycles. The van der Waals surface area contributed by atoms with Crippen molar-refractivity contribution >= 4 is 34.1 Å². The number of aryl methyl sites for hydroxylation is 2. The molecule has 0 saturated carbocycles. The van der Waals surface area contributed by atoms with Gasteiger partial charge in [-0.05, 0) is 13.8 Å². The summed E-state index contributed by atoms with van der Waals surface area (Å²) in [6, 6.07) is 1.64. The number of carbonyl (C=O) groups excluding carboxylic acids is 2. The van der Waals surface area contributed by atoms with Gasteiger partial charge >= 0.3 is 0 Å². The first-order chi connectivity index (χ1) is 13.4. The van der Waals surface area contributed by atoms with Crippen molar-refractivity contribution in [1.82, 2.24) is 15.3 Å². The van der Waals surface area contributed by atoms with Gasteiger partial charge in [-0.25, -0.2) is 9.97 Å². The number of ether oxygens (including phenoxy) is 2. The fourth-order valence-electron chi connectivity index (χ4n) is 2.93. The number of thiazole rings is 1. The molecule has 0 radical (unpaired) electrons. The second-order valence-corrected chi connectivity index (χ2v) is 7.53. The second-order valence-electron chi connectivity index (χ2n) is 6.59. The first kappa shape index (κ1) is 18.4. The van der Waals surface area contributed by atoms with Gasteiger partial charge in [-0.15, -0.1) is 11.3 Å². The quantitative estimate of drug-likeness (QED) is 0.638. The minimum atomic E-state index is -1.19. The third-order valence-electron chi connectivity index (χ3n) is 4.67. The fraction of sp³-hybridized carbons (Fsp3) is 0.333. The van der Waals surface area contributed by atoms with Crippen molar-refractivity contribution in [3.05, 3.63) is 39.7 Å². The van der Waals surface area contributed by atoms with E-state index in [0.29, 0.717) is 34.8 Å². The molecule has 0 atom stereocenters. The number of amides is 2. The molecule has 9 nitrogen and oxygen atoms in total. The maximum absolute atomic E-state index is 12.9. The smallest absolute Gasteiger partial charge is 0.256 e. The van der Waals surface area contributed by atoms with Gasteiger partial charge < -0.3 is 24.9 Å². The number of furan rings is 1. The van der Waals surface area contributed by atoms with E-state index in [1.54, 1.807) is 18.5 Å². The number of hydrogen-bond donors (Lipinski definition) is 2. The molecular formula is C18H18N4O5S. The maximum Gasteiger partial charge on any atom is 0.256 e. The Morgan fingerprint density at radius 1 is 1.36 bits per heavy atom. The molecule has 2 amide bonds. The lowest BCUT2D eigenvalue weighted by Crippen LogP contribution is -2.69. The Bertz CT molecular complexity index is 1070. The van der Waals surface area contributed by atoms with Gasteiger partial charge in [0.05, 0.1) is 41.1 Å². The Kier molecular flexibility index (Phi) is 4.52. The van der Waals surface area contributed by atoms with Gasteiger partial charge in [0, 0.05) is 11.5 Å². The van der Waals surface area contributed by atoms with Crippen LogP contribution in [0.25, 0.3) is 11.0 Å². The topological polar surface area (TPSA) is 130 Å². The van der Waals surface area contributed by atoms with Gasteiger partial charge in [-0.1, -0.05) is 0 Å². The van der Waals surface area contributed by atoms with Crippen molar-refractivity contribution in [1.29, 1.82) is 0 Å². The molecule has 1 saturated heterocycles. The molecule has 10 heteroatoms. The fourth-order valence-corrected chi connectivity index (χ4v) is 3.62. The summed E-state index contributed by atoms with van der Waals surface area (Å²) in [6.45, 7) is 4.01. The highest BCUT2D eigenvalue weighted by Gasteiger charge is 2.46. The highest BCUT2D eigenvalue weighted by atomic mass is 32.1. The van der Waals surface area contributed by atoms with Crippen LogP contribution in [-0.4, -0.2) is 40.5 Å². The summed E-state index contributed by atoms with van der Waals surface area (Å²) in [6.07, 6.45) is 1.50. The molecule has 146 valence electrons. The van der Waals surface area contributed by atoms with Crippen LogP contribution in [0.4, 0.5) is 0 Å². The van der Waals surface area contributed by atoms with E-state index in [9.17, 15) is 9.59 Å². The van der Waals surface area contributed by atoms with E-state index in [2.05, 4.69) is 15.3 Å². The van der Waals surface area contributed by atoms with E-state index in [0.717, 1.165) is 10.6 Å². The van der Waals surface area contributed by atoms with Crippen molar-refractivity contribution in [3.8, 4) is 5.88 Å². The lowest BCUT2D eigenvalue weighted by atomic mass is 9.95. The van der Waals surface area contributed by atoms with Crippen LogP contribution in [0.5, 0.6) is 5.88 Å². The summed E-state index contributed by atoms with van der Waals surface area (Å²) < 4.78 is 16.4. The molecule has 0 unspecified atom stereocenters. The highest BCUT2D eigenvalue weighted by molar-refractivity contribution is 7.09. The van der Waals surface area contributed by atoms with Crippen molar-refractivity contribution in [2.45, 2.75) is 26.0 Å². The number of hydrogen-bond acceptors (Lipinski definition) is 8. The van der Waals surface area contributed by atoms with Gasteiger partial charge in [-0.2, -0.15) is 0 Å². The van der Waals surface area contributed by atoms with Crippen molar-refractivity contribution in [2.24, 2.45) is 5.73 Å². The number of fused-ring (bicyclic) bond motifs is 1. The predicted octanol–water partition coefficient (Wildman–Crippen LogP) is 1.46. The molecule has 3 N–H and O–H groups in total. The molecule has 4 rings (SSSR count). The molecule has 0 bridgehead atoms. The zero-order valence-electron chi connectivity index (χ0n) is 15.3. The summed E-state index contributed by atoms with van der Waals surface area (Å²) in [5.74, 6) is -0.340. The van der Waals surface area contributed by atoms with Gasteiger partial charge in [0.2, 0.25) is 11.8 Å². The summed E-state index contributed by atoms with van der Waals surface area (Å²) in [5.41, 5.74) is 7.64. The molecule has 0 aliphatic carbocycles. The van der Waals surface area contributed by atoms with Crippen LogP contribution >= 0.6 is 11.3 Å². The van der Waals surface area contributed by atoms with E-state index < -0.39 is 17.4 Å². The van der Waals surface area contributed by atoms with E-state index in [1.807, 2.05) is 6.92 Å². The third kappa shape index (κ3) is 3.10. The van der Waals surface area contributed by atoms with Gasteiger partial charge in [0.1, 0.15) is 12.4 Å². The number of pyridine rings is 1. The maximum atomic E-state index is 12.9. The van der Waals surface area contributed by atoms with E-state index >= 15 is 0 Å². The molecule has 0 spiro atoms. The molecule has 0 aromatic carbocycles. The van der Waals surface area contributed by atoms with Crippen LogP contribution in [0.2, 0.25) is 0 Å². The predicted molar refractivity (Wildman–Crippen MR) is 100 cm³/mol. The Morgan fingerprint density at radius 2 is 2.14 bits per heavy atom. The normalized spacial score (nSPS) is 15.2. The lowest BCUT2D eigenvalue weighted by molar-refractivity contribution is -0.143. The number of carbonyl (C=O) groups is 2. The highest BCUT2D eigenvalue weighted by Crippen LogP contribution is 2.29. The molecule has 1 aliphatic rings. The van der Waals surface area contributed by atoms with Crippen LogP contribution in [0.1, 0.15) is 26.7 Å². The number of nitrogens with two attached hydrogens (primary N) is 1. The molecule has 28 heavy (non-hydrogen) atoms. The Labute approximate surface area is 163 Å². The third-order valence-corrected chi connectivity index (χ3v) is 5.58. The standard InChI is InChI=1S/C18H18N4O5S/c1-9-13(28-8-21-9)5-26-14-3-11-12(4-20-14)27-10(2)15(11)16(23)22-18(17(19)24)6-25-7-18/h3-4,8H,5-7H2,1-2H3,(H2,19,24)(H,22,23). The van der Waals surface area contributed by atoms with Gasteiger partial charge in [0.25, 0.3) is 5.91 Å². The van der Waals surface area contributed by atoms with Gasteiger partial charge in [-0.3, -0.25) is 9.59 Å². The largest absolute Gasteiger partial charge is 0.472 e. The Balaban J connectivity index is 1.61. The molecule has 4 heterocycles. The van der Waals surface area contributed by atoms with Crippen LogP contribution in [0, 0.1) is 13.8 Å². The monoisotopic (exact) mass is 402 g/mol. The van der Waals surface area contributed by atoms with Crippen LogP contribution < -0.4 is 15.8 Å². The minimum absolute atomic E-state index is 0.0486. The van der Waals surface area contributed by atoms with Crippen LogP contribution in [-0.2, 0) is 16.1 Å². The van der Waals surface area contributed by atoms with E-state index in [-0.39, 0.29) is 13.2 Å². The Morgan fingerprint density at radius 3 is 2.75 bits per heavy atom. The van der Waals surface area contributed by atoms with Crippen LogP contribution in [0.3, 0.4) is 0 Å². The minimum Gasteiger partial charge on any atom is -0.472 e. The summed E-state index contributed by atoms with van der Waals surface area (Å²) in [5, 5.41) is 3.22. The number of aromatic nitrogens is 2. The summed E-state index contributed by atoms with van der Waals surface area (Å²) in [7, 11) is 0. The number of nitrogens with zero attached hydrogens (tertiary/aromatic N) is 2. The number of primary amides is 1. The molecule has 1 aliphatic heterocycles. The molecular weight excluding hydrogens is 384 g/mol. The SMILES string of the molecule is Cc1ncsc1COc1cc2c(C(=O)NC3(C(N)=O)COC3)c(C)oc2cn1. The van der Waals surface area contributed by atoms with Gasteiger partial charge in [0.15, 0.2) is 11.1 Å². The average Bonchev–Trinajstić information content (AvgIpc) is 3.17. The Hall–Kier alpha value is -2.98.